The standard InChI is InChI=1S/C50H30N6O/c1-2-11-32(12-3-1)46-47(53-42-18-7-6-17-41(42)52-46)33-22-26-35(27-23-33)49-54-48(34-24-20-31(21-25-34)40-16-8-9-28-51-40)55-50(56-49)38-15-10-19-43-45(38)39-29-36-13-4-5-14-37(36)30-44(39)57-43/h1-30H. The fraction of sp³-hybridized carbons (Fsp3) is 0. The highest BCUT2D eigenvalue weighted by atomic mass is 16.3. The fourth-order valence-corrected chi connectivity index (χ4v) is 7.55. The smallest absolute Gasteiger partial charge is 0.164 e. The Morgan fingerprint density at radius 3 is 1.60 bits per heavy atom. The second kappa shape index (κ2) is 13.4. The van der Waals surface area contributed by atoms with Crippen molar-refractivity contribution < 1.29 is 4.42 Å². The van der Waals surface area contributed by atoms with Crippen LogP contribution >= 0.6 is 0 Å². The number of benzene rings is 7. The lowest BCUT2D eigenvalue weighted by Crippen LogP contribution is -2.01. The minimum atomic E-state index is 0.554. The van der Waals surface area contributed by atoms with Crippen LogP contribution in [0.1, 0.15) is 0 Å². The summed E-state index contributed by atoms with van der Waals surface area (Å²) in [5, 5.41) is 4.24. The van der Waals surface area contributed by atoms with Crippen LogP contribution in [0.2, 0.25) is 0 Å². The van der Waals surface area contributed by atoms with Crippen molar-refractivity contribution in [3.63, 3.8) is 0 Å². The van der Waals surface area contributed by atoms with Gasteiger partial charge in [0, 0.05) is 50.4 Å². The zero-order valence-corrected chi connectivity index (χ0v) is 30.4. The van der Waals surface area contributed by atoms with Crippen molar-refractivity contribution in [3.05, 3.63) is 182 Å². The van der Waals surface area contributed by atoms with E-state index in [1.54, 1.807) is 6.20 Å². The Balaban J connectivity index is 1.07. The molecule has 11 aromatic rings. The quantitative estimate of drug-likeness (QED) is 0.168. The first-order valence-corrected chi connectivity index (χ1v) is 18.8. The summed E-state index contributed by atoms with van der Waals surface area (Å²) in [6.45, 7) is 0. The van der Waals surface area contributed by atoms with Gasteiger partial charge in [0.15, 0.2) is 17.5 Å². The van der Waals surface area contributed by atoms with Gasteiger partial charge < -0.3 is 4.42 Å². The highest BCUT2D eigenvalue weighted by Gasteiger charge is 2.19. The van der Waals surface area contributed by atoms with E-state index in [0.717, 1.165) is 94.2 Å². The van der Waals surface area contributed by atoms with Crippen molar-refractivity contribution in [1.82, 2.24) is 29.9 Å². The summed E-state index contributed by atoms with van der Waals surface area (Å²) in [6.07, 6.45) is 1.80. The number of fused-ring (bicyclic) bond motifs is 5. The summed E-state index contributed by atoms with van der Waals surface area (Å²) < 4.78 is 6.44. The van der Waals surface area contributed by atoms with Crippen LogP contribution in [0.3, 0.4) is 0 Å². The Morgan fingerprint density at radius 2 is 0.930 bits per heavy atom. The van der Waals surface area contributed by atoms with Crippen LogP contribution in [-0.2, 0) is 0 Å². The Kier molecular flexibility index (Phi) is 7.67. The van der Waals surface area contributed by atoms with Crippen LogP contribution < -0.4 is 0 Å². The maximum Gasteiger partial charge on any atom is 0.164 e. The molecule has 11 rings (SSSR count). The third kappa shape index (κ3) is 5.86. The summed E-state index contributed by atoms with van der Waals surface area (Å²) >= 11 is 0. The van der Waals surface area contributed by atoms with E-state index >= 15 is 0 Å². The molecule has 0 bridgehead atoms. The highest BCUT2D eigenvalue weighted by molar-refractivity contribution is 6.15. The largest absolute Gasteiger partial charge is 0.456 e. The van der Waals surface area contributed by atoms with Crippen LogP contribution in [0.15, 0.2) is 187 Å². The van der Waals surface area contributed by atoms with Crippen molar-refractivity contribution >= 4 is 43.7 Å². The van der Waals surface area contributed by atoms with Gasteiger partial charge in [-0.15, -0.1) is 0 Å². The van der Waals surface area contributed by atoms with E-state index in [1.165, 1.54) is 0 Å². The molecular weight excluding hydrogens is 701 g/mol. The summed E-state index contributed by atoms with van der Waals surface area (Å²) in [6, 6.07) is 59.2. The van der Waals surface area contributed by atoms with E-state index in [1.807, 2.05) is 103 Å². The van der Waals surface area contributed by atoms with Gasteiger partial charge in [-0.3, -0.25) is 4.98 Å². The molecule has 0 amide bonds. The van der Waals surface area contributed by atoms with Crippen LogP contribution in [0.4, 0.5) is 0 Å². The van der Waals surface area contributed by atoms with Crippen LogP contribution in [-0.4, -0.2) is 29.9 Å². The van der Waals surface area contributed by atoms with E-state index in [0.29, 0.717) is 17.5 Å². The molecule has 0 aliphatic heterocycles. The van der Waals surface area contributed by atoms with Gasteiger partial charge in [0.2, 0.25) is 0 Å². The Hall–Kier alpha value is -7.90. The third-order valence-corrected chi connectivity index (χ3v) is 10.4. The molecular formula is C50H30N6O. The molecule has 0 atom stereocenters. The molecule has 0 radical (unpaired) electrons. The molecule has 0 saturated carbocycles. The Bertz CT molecular complexity index is 3270. The molecule has 7 heteroatoms. The molecule has 0 aliphatic carbocycles. The molecule has 57 heavy (non-hydrogen) atoms. The molecule has 0 fully saturated rings. The number of hydrogen-bond acceptors (Lipinski definition) is 7. The molecule has 0 aliphatic rings. The zero-order chi connectivity index (χ0) is 37.7. The third-order valence-electron chi connectivity index (χ3n) is 10.4. The summed E-state index contributed by atoms with van der Waals surface area (Å²) in [5.74, 6) is 1.67. The van der Waals surface area contributed by atoms with Crippen molar-refractivity contribution in [3.8, 4) is 67.9 Å². The molecule has 266 valence electrons. The molecule has 4 heterocycles. The van der Waals surface area contributed by atoms with Gasteiger partial charge in [0.05, 0.1) is 28.1 Å². The lowest BCUT2D eigenvalue weighted by atomic mass is 10.0. The van der Waals surface area contributed by atoms with Crippen molar-refractivity contribution in [2.75, 3.05) is 0 Å². The number of aromatic nitrogens is 6. The van der Waals surface area contributed by atoms with Crippen LogP contribution in [0, 0.1) is 0 Å². The summed E-state index contributed by atoms with van der Waals surface area (Å²) in [7, 11) is 0. The highest BCUT2D eigenvalue weighted by Crippen LogP contribution is 2.39. The lowest BCUT2D eigenvalue weighted by molar-refractivity contribution is 0.669. The second-order valence-corrected chi connectivity index (χ2v) is 13.9. The number of hydrogen-bond donors (Lipinski definition) is 0. The molecule has 0 saturated heterocycles. The first-order valence-electron chi connectivity index (χ1n) is 18.8. The monoisotopic (exact) mass is 730 g/mol. The van der Waals surface area contributed by atoms with Crippen LogP contribution in [0.25, 0.3) is 112 Å². The zero-order valence-electron chi connectivity index (χ0n) is 30.4. The number of nitrogens with zero attached hydrogens (tertiary/aromatic N) is 6. The average Bonchev–Trinajstić information content (AvgIpc) is 3.66. The van der Waals surface area contributed by atoms with Gasteiger partial charge in [-0.25, -0.2) is 24.9 Å². The second-order valence-electron chi connectivity index (χ2n) is 13.9. The van der Waals surface area contributed by atoms with Crippen molar-refractivity contribution in [1.29, 1.82) is 0 Å². The maximum atomic E-state index is 6.44. The molecule has 4 aromatic heterocycles. The van der Waals surface area contributed by atoms with Gasteiger partial charge in [-0.05, 0) is 53.2 Å². The Morgan fingerprint density at radius 1 is 0.368 bits per heavy atom. The fourth-order valence-electron chi connectivity index (χ4n) is 7.55. The predicted octanol–water partition coefficient (Wildman–Crippen LogP) is 12.3. The van der Waals surface area contributed by atoms with E-state index in [2.05, 4.69) is 77.8 Å². The maximum absolute atomic E-state index is 6.44. The summed E-state index contributed by atoms with van der Waals surface area (Å²) in [4.78, 5) is 30.1. The molecule has 7 aromatic carbocycles. The van der Waals surface area contributed by atoms with Gasteiger partial charge >= 0.3 is 0 Å². The topological polar surface area (TPSA) is 90.5 Å². The normalized spacial score (nSPS) is 11.5. The molecule has 0 spiro atoms. The number of pyridine rings is 1. The van der Waals surface area contributed by atoms with Crippen molar-refractivity contribution in [2.45, 2.75) is 0 Å². The lowest BCUT2D eigenvalue weighted by Gasteiger charge is -2.12. The van der Waals surface area contributed by atoms with Crippen molar-refractivity contribution in [2.24, 2.45) is 0 Å². The number of furan rings is 1. The van der Waals surface area contributed by atoms with Gasteiger partial charge in [0.25, 0.3) is 0 Å². The average molecular weight is 731 g/mol. The minimum absolute atomic E-state index is 0.554. The molecule has 0 unspecified atom stereocenters. The van der Waals surface area contributed by atoms with E-state index in [9.17, 15) is 0 Å². The summed E-state index contributed by atoms with van der Waals surface area (Å²) in [5.41, 5.74) is 11.4. The predicted molar refractivity (Wildman–Crippen MR) is 228 cm³/mol. The SMILES string of the molecule is c1ccc(-c2nc3ccccc3nc2-c2ccc(-c3nc(-c4ccc(-c5ccccn5)cc4)nc(-c4cccc5oc6cc7ccccc7cc6c45)n3)cc2)cc1. The number of para-hydroxylation sites is 2. The molecule has 0 N–H and O–H groups in total. The van der Waals surface area contributed by atoms with Gasteiger partial charge in [-0.1, -0.05) is 133 Å². The molecule has 7 nitrogen and oxygen atoms in total. The van der Waals surface area contributed by atoms with Crippen LogP contribution in [0.5, 0.6) is 0 Å². The van der Waals surface area contributed by atoms with E-state index in [-0.39, 0.29) is 0 Å². The van der Waals surface area contributed by atoms with E-state index in [4.69, 9.17) is 29.3 Å². The van der Waals surface area contributed by atoms with Gasteiger partial charge in [0.1, 0.15) is 11.2 Å². The number of rotatable bonds is 6. The van der Waals surface area contributed by atoms with Gasteiger partial charge in [-0.2, -0.15) is 0 Å². The Labute approximate surface area is 327 Å². The first kappa shape index (κ1) is 32.5. The minimum Gasteiger partial charge on any atom is -0.456 e. The first-order chi connectivity index (χ1) is 28.2. The van der Waals surface area contributed by atoms with E-state index < -0.39 is 0 Å².